The lowest BCUT2D eigenvalue weighted by Gasteiger charge is -2.08. The van der Waals surface area contributed by atoms with Gasteiger partial charge >= 0.3 is 5.97 Å². The van der Waals surface area contributed by atoms with Crippen LogP contribution in [-0.4, -0.2) is 11.1 Å². The average Bonchev–Trinajstić information content (AvgIpc) is 2.37. The van der Waals surface area contributed by atoms with E-state index in [4.69, 9.17) is 5.11 Å². The second-order valence-electron chi connectivity index (χ2n) is 3.97. The number of hydrogen-bond donors (Lipinski definition) is 1. The minimum Gasteiger partial charge on any atom is -0.478 e. The van der Waals surface area contributed by atoms with E-state index in [0.29, 0.717) is 15.1 Å². The molecule has 0 bridgehead atoms. The standard InChI is InChI=1S/C14H9Br2FO2S/c15-9-2-4-11(14(18)19)13(5-9)20-7-8-1-3-10(17)6-12(8)16/h1-6H,7H2,(H,18,19). The van der Waals surface area contributed by atoms with Crippen molar-refractivity contribution in [1.29, 1.82) is 0 Å². The van der Waals surface area contributed by atoms with Crippen molar-refractivity contribution in [2.75, 3.05) is 0 Å². The van der Waals surface area contributed by atoms with E-state index in [1.54, 1.807) is 24.3 Å². The highest BCUT2D eigenvalue weighted by atomic mass is 79.9. The molecule has 0 spiro atoms. The van der Waals surface area contributed by atoms with E-state index in [1.165, 1.54) is 23.9 Å². The van der Waals surface area contributed by atoms with Crippen molar-refractivity contribution in [3.63, 3.8) is 0 Å². The first-order valence-corrected chi connectivity index (χ1v) is 8.14. The number of rotatable bonds is 4. The number of carboxylic acid groups (broad SMARTS) is 1. The number of benzene rings is 2. The molecule has 0 amide bonds. The first-order chi connectivity index (χ1) is 9.47. The molecule has 0 radical (unpaired) electrons. The van der Waals surface area contributed by atoms with E-state index in [0.717, 1.165) is 10.0 Å². The Labute approximate surface area is 136 Å². The molecule has 0 saturated carbocycles. The second kappa shape index (κ2) is 6.74. The van der Waals surface area contributed by atoms with Gasteiger partial charge in [0.05, 0.1) is 5.56 Å². The van der Waals surface area contributed by atoms with E-state index in [-0.39, 0.29) is 11.4 Å². The van der Waals surface area contributed by atoms with Gasteiger partial charge in [-0.1, -0.05) is 37.9 Å². The maximum atomic E-state index is 13.0. The number of carbonyl (C=O) groups is 1. The van der Waals surface area contributed by atoms with Gasteiger partial charge in [-0.2, -0.15) is 0 Å². The molecule has 0 heterocycles. The van der Waals surface area contributed by atoms with Crippen LogP contribution in [0.15, 0.2) is 50.2 Å². The summed E-state index contributed by atoms with van der Waals surface area (Å²) in [4.78, 5) is 11.8. The summed E-state index contributed by atoms with van der Waals surface area (Å²) in [6.07, 6.45) is 0. The van der Waals surface area contributed by atoms with Gasteiger partial charge in [0.2, 0.25) is 0 Å². The Morgan fingerprint density at radius 1 is 1.20 bits per heavy atom. The molecular formula is C14H9Br2FO2S. The highest BCUT2D eigenvalue weighted by molar-refractivity contribution is 9.10. The Balaban J connectivity index is 2.22. The van der Waals surface area contributed by atoms with Crippen LogP contribution in [0.5, 0.6) is 0 Å². The third kappa shape index (κ3) is 3.84. The minimum absolute atomic E-state index is 0.261. The van der Waals surface area contributed by atoms with E-state index < -0.39 is 5.97 Å². The lowest BCUT2D eigenvalue weighted by atomic mass is 10.2. The van der Waals surface area contributed by atoms with Gasteiger partial charge in [0.1, 0.15) is 5.82 Å². The molecule has 0 unspecified atom stereocenters. The molecule has 0 fully saturated rings. The Kier molecular flexibility index (Phi) is 5.23. The maximum absolute atomic E-state index is 13.0. The van der Waals surface area contributed by atoms with Gasteiger partial charge in [0.15, 0.2) is 0 Å². The summed E-state index contributed by atoms with van der Waals surface area (Å²) in [6, 6.07) is 9.50. The predicted octanol–water partition coefficient (Wildman–Crippen LogP) is 5.34. The molecule has 0 aliphatic carbocycles. The molecule has 2 rings (SSSR count). The first-order valence-electron chi connectivity index (χ1n) is 5.57. The summed E-state index contributed by atoms with van der Waals surface area (Å²) < 4.78 is 14.5. The lowest BCUT2D eigenvalue weighted by molar-refractivity contribution is 0.0693. The third-order valence-electron chi connectivity index (χ3n) is 2.57. The van der Waals surface area contributed by atoms with Crippen LogP contribution in [0.1, 0.15) is 15.9 Å². The van der Waals surface area contributed by atoms with Crippen molar-refractivity contribution in [3.05, 3.63) is 62.3 Å². The normalized spacial score (nSPS) is 10.6. The Bertz CT molecular complexity index is 662. The van der Waals surface area contributed by atoms with E-state index >= 15 is 0 Å². The summed E-state index contributed by atoms with van der Waals surface area (Å²) in [5.74, 6) is -0.713. The predicted molar refractivity (Wildman–Crippen MR) is 84.8 cm³/mol. The molecule has 2 aromatic carbocycles. The van der Waals surface area contributed by atoms with Crippen LogP contribution in [0.25, 0.3) is 0 Å². The quantitative estimate of drug-likeness (QED) is 0.679. The molecule has 0 atom stereocenters. The number of halogens is 3. The largest absolute Gasteiger partial charge is 0.478 e. The maximum Gasteiger partial charge on any atom is 0.336 e. The lowest BCUT2D eigenvalue weighted by Crippen LogP contribution is -1.98. The van der Waals surface area contributed by atoms with Crippen molar-refractivity contribution in [2.45, 2.75) is 10.6 Å². The molecule has 0 aromatic heterocycles. The Morgan fingerprint density at radius 2 is 1.95 bits per heavy atom. The van der Waals surface area contributed by atoms with Gasteiger partial charge in [-0.25, -0.2) is 9.18 Å². The van der Waals surface area contributed by atoms with Crippen LogP contribution in [0.3, 0.4) is 0 Å². The Hall–Kier alpha value is -0.850. The highest BCUT2D eigenvalue weighted by Crippen LogP contribution is 2.31. The molecule has 0 saturated heterocycles. The van der Waals surface area contributed by atoms with Gasteiger partial charge < -0.3 is 5.11 Å². The SMILES string of the molecule is O=C(O)c1ccc(Br)cc1SCc1ccc(F)cc1Br. The third-order valence-corrected chi connectivity index (χ3v) is 4.91. The molecule has 0 aliphatic rings. The van der Waals surface area contributed by atoms with Gasteiger partial charge in [-0.05, 0) is 35.9 Å². The summed E-state index contributed by atoms with van der Waals surface area (Å²) in [6.45, 7) is 0. The van der Waals surface area contributed by atoms with Crippen molar-refractivity contribution in [2.24, 2.45) is 0 Å². The van der Waals surface area contributed by atoms with E-state index in [2.05, 4.69) is 31.9 Å². The summed E-state index contributed by atoms with van der Waals surface area (Å²) >= 11 is 8.03. The van der Waals surface area contributed by atoms with Crippen LogP contribution in [0, 0.1) is 5.82 Å². The molecule has 6 heteroatoms. The molecule has 104 valence electrons. The smallest absolute Gasteiger partial charge is 0.336 e. The van der Waals surface area contributed by atoms with Gasteiger partial charge in [-0.3, -0.25) is 0 Å². The van der Waals surface area contributed by atoms with Crippen molar-refractivity contribution < 1.29 is 14.3 Å². The summed E-state index contributed by atoms with van der Waals surface area (Å²) in [7, 11) is 0. The number of hydrogen-bond acceptors (Lipinski definition) is 2. The topological polar surface area (TPSA) is 37.3 Å². The molecule has 1 N–H and O–H groups in total. The Morgan fingerprint density at radius 3 is 2.60 bits per heavy atom. The zero-order valence-electron chi connectivity index (χ0n) is 10.1. The van der Waals surface area contributed by atoms with Gasteiger partial charge in [0, 0.05) is 19.6 Å². The average molecular weight is 420 g/mol. The number of thioether (sulfide) groups is 1. The zero-order chi connectivity index (χ0) is 14.7. The van der Waals surface area contributed by atoms with E-state index in [9.17, 15) is 9.18 Å². The summed E-state index contributed by atoms with van der Waals surface area (Å²) in [5, 5.41) is 9.16. The van der Waals surface area contributed by atoms with E-state index in [1.807, 2.05) is 0 Å². The second-order valence-corrected chi connectivity index (χ2v) is 6.76. The van der Waals surface area contributed by atoms with Crippen molar-refractivity contribution >= 4 is 49.6 Å². The van der Waals surface area contributed by atoms with Gasteiger partial charge in [-0.15, -0.1) is 11.8 Å². The monoisotopic (exact) mass is 418 g/mol. The van der Waals surface area contributed by atoms with Crippen LogP contribution in [0.4, 0.5) is 4.39 Å². The zero-order valence-corrected chi connectivity index (χ0v) is 14.1. The van der Waals surface area contributed by atoms with Crippen LogP contribution in [0.2, 0.25) is 0 Å². The van der Waals surface area contributed by atoms with Crippen molar-refractivity contribution in [1.82, 2.24) is 0 Å². The van der Waals surface area contributed by atoms with Crippen LogP contribution >= 0.6 is 43.6 Å². The molecular weight excluding hydrogens is 411 g/mol. The highest BCUT2D eigenvalue weighted by Gasteiger charge is 2.12. The minimum atomic E-state index is -0.960. The molecule has 2 aromatic rings. The number of carboxylic acids is 1. The fraction of sp³-hybridized carbons (Fsp3) is 0.0714. The fourth-order valence-electron chi connectivity index (χ4n) is 1.59. The van der Waals surface area contributed by atoms with Gasteiger partial charge in [0.25, 0.3) is 0 Å². The molecule has 0 aliphatic heterocycles. The number of aromatic carboxylic acids is 1. The fourth-order valence-corrected chi connectivity index (χ4v) is 3.86. The molecule has 2 nitrogen and oxygen atoms in total. The van der Waals surface area contributed by atoms with Crippen molar-refractivity contribution in [3.8, 4) is 0 Å². The van der Waals surface area contributed by atoms with Crippen LogP contribution in [-0.2, 0) is 5.75 Å². The van der Waals surface area contributed by atoms with Crippen LogP contribution < -0.4 is 0 Å². The summed E-state index contributed by atoms with van der Waals surface area (Å²) in [5.41, 5.74) is 1.17. The molecule has 20 heavy (non-hydrogen) atoms. The first kappa shape index (κ1) is 15.5.